The van der Waals surface area contributed by atoms with Crippen molar-refractivity contribution in [2.24, 2.45) is 0 Å². The van der Waals surface area contributed by atoms with E-state index in [1.165, 1.54) is 113 Å². The zero-order chi connectivity index (χ0) is 103. The van der Waals surface area contributed by atoms with Crippen LogP contribution < -0.4 is 19.6 Å². The molecule has 11 heterocycles. The summed E-state index contributed by atoms with van der Waals surface area (Å²) in [5.74, 6) is -9.93. The second kappa shape index (κ2) is 43.8. The van der Waals surface area contributed by atoms with Crippen LogP contribution in [0.25, 0.3) is 67.8 Å². The van der Waals surface area contributed by atoms with Crippen LogP contribution >= 0.6 is 0 Å². The summed E-state index contributed by atoms with van der Waals surface area (Å²) >= 11 is 0. The molecule has 31 nitrogen and oxygen atoms in total. The highest BCUT2D eigenvalue weighted by molar-refractivity contribution is 7.91. The number of rotatable bonds is 29. The van der Waals surface area contributed by atoms with E-state index in [-0.39, 0.29) is 42.7 Å². The van der Waals surface area contributed by atoms with E-state index in [4.69, 9.17) is 13.3 Å². The maximum atomic E-state index is 15.4. The Morgan fingerprint density at radius 2 is 0.592 bits per heavy atom. The molecular weight excluding hydrogens is 1990 g/mol. The number of hydrogen-bond acceptors (Lipinski definition) is 27. The Bertz CT molecular complexity index is 7130. The highest BCUT2D eigenvalue weighted by atomic mass is 32.2. The van der Waals surface area contributed by atoms with E-state index < -0.39 is 132 Å². The average molecular weight is 2090 g/mol. The van der Waals surface area contributed by atoms with Crippen molar-refractivity contribution in [2.45, 2.75) is 134 Å². The number of benzene rings is 8. The Hall–Kier alpha value is -13.6. The molecule has 7 aromatic heterocycles. The summed E-state index contributed by atoms with van der Waals surface area (Å²) < 4.78 is 239. The van der Waals surface area contributed by atoms with Crippen LogP contribution in [0.4, 0.5) is 57.9 Å². The Balaban J connectivity index is 0.000000123. The zero-order valence-electron chi connectivity index (χ0n) is 80.8. The first-order valence-electron chi connectivity index (χ1n) is 48.8. The minimum absolute atomic E-state index is 0.0570. The molecule has 3 saturated carbocycles. The molecule has 43 heteroatoms. The predicted molar refractivity (Wildman–Crippen MR) is 537 cm³/mol. The molecule has 4 saturated heterocycles. The molecule has 22 rings (SSSR count). The highest BCUT2D eigenvalue weighted by Gasteiger charge is 2.37. The topological polar surface area (TPSA) is 325 Å². The number of sulfone groups is 4. The Morgan fingerprint density at radius 1 is 0.327 bits per heavy atom. The van der Waals surface area contributed by atoms with Crippen molar-refractivity contribution >= 4 is 62.1 Å². The fourth-order valence-corrected chi connectivity index (χ4v) is 24.3. The molecule has 770 valence electrons. The van der Waals surface area contributed by atoms with Crippen molar-refractivity contribution in [2.75, 3.05) is 130 Å². The molecule has 0 N–H and O–H groups in total. The molecule has 147 heavy (non-hydrogen) atoms. The van der Waals surface area contributed by atoms with E-state index in [2.05, 4.69) is 100 Å². The zero-order valence-corrected chi connectivity index (χ0v) is 84.0. The van der Waals surface area contributed by atoms with E-state index in [1.54, 1.807) is 6.92 Å². The Morgan fingerprint density at radius 3 is 0.830 bits per heavy atom. The Labute approximate surface area is 845 Å². The van der Waals surface area contributed by atoms with Gasteiger partial charge in [0.05, 0.1) is 72.3 Å². The van der Waals surface area contributed by atoms with Gasteiger partial charge in [-0.25, -0.2) is 87.5 Å². The van der Waals surface area contributed by atoms with Gasteiger partial charge >= 0.3 is 0 Å². The van der Waals surface area contributed by atoms with Crippen molar-refractivity contribution < 1.29 is 82.0 Å². The summed E-state index contributed by atoms with van der Waals surface area (Å²) in [5.41, 5.74) is 6.66. The maximum absolute atomic E-state index is 15.4. The molecule has 0 atom stereocenters. The first-order chi connectivity index (χ1) is 70.8. The largest absolute Gasteiger partial charge is 0.471 e. The van der Waals surface area contributed by atoms with E-state index in [0.717, 1.165) is 248 Å². The molecule has 0 radical (unpaired) electrons. The van der Waals surface area contributed by atoms with Gasteiger partial charge in [0.15, 0.2) is 85.9 Å². The maximum Gasteiger partial charge on any atom is 0.185 e. The van der Waals surface area contributed by atoms with Gasteiger partial charge < -0.3 is 32.9 Å². The monoisotopic (exact) mass is 2090 g/mol. The standard InChI is InChI=1S/2C26H25F2N5O3S.C26H27F2N5O3S.C26H31F2N5O2S/c2*27-23-7-4-19(17-37(34,35)22-8-13-36-16-22)25(28)26(23)33-15-24(29-30-33)18-2-1-3-21(14-18)32-11-9-31(10-12-32)20-5-6-20;1-18(2)31-9-11-32(12-10-31)21-5-3-4-19(14-21)24-15-33(30-29-24)26-23(27)7-6-20(25(26)28)17-37(34,35)22-8-13-36-16-22;1-2-15-36(34,35)18-20-9-10-23(27)26(25(20)28)33-17-24(29-30-33)19-5-3-8-22(16-19)32-13-11-31(12-14-32)21-6-4-7-21/h2*1-4,7-8,13-16,20H,5-6,9-12,17H2;3-8,13-16,18H,9-12,17H2,1-2H3;3,5,8-10,16-17,21H,2,4,6-7,11-15,18H2,1H3. The second-order valence-electron chi connectivity index (χ2n) is 37.9. The van der Waals surface area contributed by atoms with Crippen LogP contribution in [0.2, 0.25) is 0 Å². The van der Waals surface area contributed by atoms with Crippen molar-refractivity contribution in [3.8, 4) is 67.8 Å². The first kappa shape index (κ1) is 102. The SMILES string of the molecule is CC(C)N1CCN(c2cccc(-c3cn(-c4c(F)ccc(CS(=O)(=O)c5ccoc5)c4F)nn3)c2)CC1.CCCS(=O)(=O)Cc1ccc(F)c(-n2cc(-c3cccc(N4CCN(C5CCC5)CC4)c3)nn2)c1F.O=S(=O)(Cc1ccc(F)c(-n2cc(-c3cccc(N4CCN(C5CC5)CC4)c3)nn2)c1F)c1ccoc1.O=S(=O)(Cc1ccc(F)c(-n2cc(-c3cccc(N4CCN(C5CC5)CC4)c3)nn2)c1F)c1ccoc1. The van der Waals surface area contributed by atoms with Crippen molar-refractivity contribution in [3.05, 3.63) is 295 Å². The lowest BCUT2D eigenvalue weighted by Crippen LogP contribution is -2.52. The molecule has 15 aromatic rings. The minimum Gasteiger partial charge on any atom is -0.471 e. The van der Waals surface area contributed by atoms with E-state index in [9.17, 15) is 51.2 Å². The number of halogens is 8. The third-order valence-electron chi connectivity index (χ3n) is 27.7. The molecule has 0 amide bonds. The van der Waals surface area contributed by atoms with Gasteiger partial charge in [0.25, 0.3) is 0 Å². The van der Waals surface area contributed by atoms with Crippen LogP contribution in [0, 0.1) is 46.5 Å². The molecule has 0 spiro atoms. The molecule has 8 aromatic carbocycles. The van der Waals surface area contributed by atoms with E-state index in [1.807, 2.05) is 91.0 Å². The highest BCUT2D eigenvalue weighted by Crippen LogP contribution is 2.39. The van der Waals surface area contributed by atoms with E-state index >= 15 is 17.6 Å². The number of furan rings is 3. The number of aromatic nitrogens is 12. The lowest BCUT2D eigenvalue weighted by Gasteiger charge is -2.43. The van der Waals surface area contributed by atoms with Gasteiger partial charge in [-0.3, -0.25) is 19.6 Å². The number of hydrogen-bond donors (Lipinski definition) is 0. The third kappa shape index (κ3) is 23.5. The van der Waals surface area contributed by atoms with Crippen LogP contribution in [-0.2, 0) is 62.4 Å². The minimum atomic E-state index is -3.88. The van der Waals surface area contributed by atoms with Crippen LogP contribution in [0.3, 0.4) is 0 Å². The van der Waals surface area contributed by atoms with Gasteiger partial charge in [-0.15, -0.1) is 20.4 Å². The quantitative estimate of drug-likeness (QED) is 0.0393. The van der Waals surface area contributed by atoms with Gasteiger partial charge in [-0.05, 0) is 150 Å². The predicted octanol–water partition coefficient (Wildman–Crippen LogP) is 16.6. The van der Waals surface area contributed by atoms with E-state index in [0.29, 0.717) is 35.2 Å². The summed E-state index contributed by atoms with van der Waals surface area (Å²) in [6.45, 7) is 21.8. The van der Waals surface area contributed by atoms with Crippen molar-refractivity contribution in [3.63, 3.8) is 0 Å². The van der Waals surface area contributed by atoms with Gasteiger partial charge in [0, 0.05) is 196 Å². The normalized spacial score (nSPS) is 16.5. The number of piperazine rings is 4. The van der Waals surface area contributed by atoms with Crippen molar-refractivity contribution in [1.29, 1.82) is 0 Å². The number of anilines is 4. The number of nitrogens with zero attached hydrogens (tertiary/aromatic N) is 20. The van der Waals surface area contributed by atoms with Crippen LogP contribution in [0.1, 0.15) is 94.4 Å². The molecule has 0 unspecified atom stereocenters. The average Bonchev–Trinajstić information content (AvgIpc) is 1.73. The summed E-state index contributed by atoms with van der Waals surface area (Å²) in [6.07, 6.45) is 22.3. The smallest absolute Gasteiger partial charge is 0.185 e. The molecule has 7 aliphatic rings. The summed E-state index contributed by atoms with van der Waals surface area (Å²) in [6, 6.07) is 46.7. The Kier molecular flexibility index (Phi) is 30.4. The summed E-state index contributed by atoms with van der Waals surface area (Å²) in [4.78, 5) is 19.2. The fourth-order valence-electron chi connectivity index (χ4n) is 19.0. The summed E-state index contributed by atoms with van der Waals surface area (Å²) in [7, 11) is -15.1. The van der Waals surface area contributed by atoms with Crippen LogP contribution in [0.5, 0.6) is 0 Å². The lowest BCUT2D eigenvalue weighted by atomic mass is 9.91. The van der Waals surface area contributed by atoms with Gasteiger partial charge in [0.1, 0.15) is 79.0 Å². The van der Waals surface area contributed by atoms with Crippen LogP contribution in [-0.4, -0.2) is 248 Å². The lowest BCUT2D eigenvalue weighted by molar-refractivity contribution is 0.120. The summed E-state index contributed by atoms with van der Waals surface area (Å²) in [5, 5.41) is 32.4. The fraction of sp³-hybridized carbons (Fsp3) is 0.346. The molecule has 3 aliphatic carbocycles. The van der Waals surface area contributed by atoms with Crippen LogP contribution in [0.15, 0.2) is 254 Å². The van der Waals surface area contributed by atoms with Gasteiger partial charge in [-0.2, -0.15) is 0 Å². The van der Waals surface area contributed by atoms with Crippen molar-refractivity contribution in [1.82, 2.24) is 79.6 Å². The molecular formula is C104H108F8N20O11S4. The molecule has 7 fully saturated rings. The molecule has 0 bridgehead atoms. The third-order valence-corrected chi connectivity index (χ3v) is 34.4. The molecule has 4 aliphatic heterocycles. The van der Waals surface area contributed by atoms with Gasteiger partial charge in [-0.1, -0.05) is 107 Å². The second-order valence-corrected chi connectivity index (χ2v) is 46.0. The van der Waals surface area contributed by atoms with Gasteiger partial charge in [0.2, 0.25) is 0 Å². The first-order valence-corrected chi connectivity index (χ1v) is 55.5.